The van der Waals surface area contributed by atoms with E-state index in [9.17, 15) is 4.79 Å². The normalized spacial score (nSPS) is 21.9. The number of nitrogens with one attached hydrogen (secondary N) is 1. The summed E-state index contributed by atoms with van der Waals surface area (Å²) >= 11 is 0. The second kappa shape index (κ2) is 6.26. The van der Waals surface area contributed by atoms with Crippen molar-refractivity contribution in [3.05, 3.63) is 23.3 Å². The van der Waals surface area contributed by atoms with E-state index >= 15 is 0 Å². The van der Waals surface area contributed by atoms with E-state index in [0.717, 1.165) is 47.7 Å². The van der Waals surface area contributed by atoms with Crippen molar-refractivity contribution in [2.75, 3.05) is 18.4 Å². The van der Waals surface area contributed by atoms with Crippen LogP contribution in [0, 0.1) is 12.8 Å². The Kier molecular flexibility index (Phi) is 4.05. The Labute approximate surface area is 152 Å². The molecule has 8 nitrogen and oxygen atoms in total. The number of carboxylic acid groups (broad SMARTS) is 1. The molecule has 1 aliphatic heterocycles. The molecule has 1 aliphatic carbocycles. The number of hydrogen-bond donors (Lipinski definition) is 2. The van der Waals surface area contributed by atoms with Gasteiger partial charge >= 0.3 is 6.09 Å². The average Bonchev–Trinajstić information content (AvgIpc) is 2.91. The summed E-state index contributed by atoms with van der Waals surface area (Å²) in [5, 5.41) is 12.6. The van der Waals surface area contributed by atoms with Crippen LogP contribution in [0.5, 0.6) is 0 Å². The van der Waals surface area contributed by atoms with Crippen LogP contribution in [-0.2, 0) is 19.9 Å². The van der Waals surface area contributed by atoms with E-state index in [1.807, 2.05) is 20.2 Å². The minimum Gasteiger partial charge on any atom is -0.465 e. The van der Waals surface area contributed by atoms with Crippen molar-refractivity contribution in [3.8, 4) is 11.4 Å². The molecule has 2 N–H and O–H groups in total. The monoisotopic (exact) mass is 356 g/mol. The highest BCUT2D eigenvalue weighted by molar-refractivity contribution is 5.66. The Hall–Kier alpha value is -2.64. The Bertz CT molecular complexity index is 862. The zero-order valence-corrected chi connectivity index (χ0v) is 15.4. The number of fused-ring (bicyclic) bond motifs is 3. The number of rotatable bonds is 2. The number of aryl methyl sites for hydroxylation is 3. The number of likely N-dealkylation sites (tertiary alicyclic amines) is 1. The van der Waals surface area contributed by atoms with E-state index in [0.29, 0.717) is 19.0 Å². The third kappa shape index (κ3) is 2.79. The molecule has 2 aromatic rings. The van der Waals surface area contributed by atoms with Gasteiger partial charge in [0.1, 0.15) is 5.82 Å². The lowest BCUT2D eigenvalue weighted by molar-refractivity contribution is 0.119. The van der Waals surface area contributed by atoms with Crippen molar-refractivity contribution < 1.29 is 9.90 Å². The highest BCUT2D eigenvalue weighted by atomic mass is 16.4. The molecule has 1 fully saturated rings. The predicted molar refractivity (Wildman–Crippen MR) is 97.2 cm³/mol. The molecule has 3 heterocycles. The van der Waals surface area contributed by atoms with Gasteiger partial charge in [0.2, 0.25) is 5.95 Å². The molecule has 2 aliphatic rings. The molecule has 1 saturated heterocycles. The smallest absolute Gasteiger partial charge is 0.407 e. The summed E-state index contributed by atoms with van der Waals surface area (Å²) in [7, 11) is 2.02. The second-order valence-electron chi connectivity index (χ2n) is 7.33. The molecule has 8 heteroatoms. The van der Waals surface area contributed by atoms with Crippen LogP contribution in [0.4, 0.5) is 10.7 Å². The fourth-order valence-corrected chi connectivity index (χ4v) is 3.97. The van der Waals surface area contributed by atoms with Gasteiger partial charge in [-0.1, -0.05) is 6.92 Å². The molecule has 2 atom stereocenters. The van der Waals surface area contributed by atoms with E-state index in [1.54, 1.807) is 0 Å². The van der Waals surface area contributed by atoms with Gasteiger partial charge in [-0.3, -0.25) is 0 Å². The van der Waals surface area contributed by atoms with Crippen LogP contribution in [0.2, 0.25) is 0 Å². The molecular formula is C18H24N6O2. The zero-order chi connectivity index (χ0) is 18.4. The fraction of sp³-hybridized carbons (Fsp3) is 0.556. The molecule has 0 spiro atoms. The molecule has 0 aromatic carbocycles. The molecule has 0 saturated carbocycles. The maximum atomic E-state index is 11.1. The van der Waals surface area contributed by atoms with Gasteiger partial charge in [-0.05, 0) is 37.7 Å². The number of aromatic nitrogens is 4. The first-order valence-electron chi connectivity index (χ1n) is 9.07. The van der Waals surface area contributed by atoms with Gasteiger partial charge in [0, 0.05) is 32.4 Å². The van der Waals surface area contributed by atoms with Crippen LogP contribution in [0.3, 0.4) is 0 Å². The van der Waals surface area contributed by atoms with Gasteiger partial charge in [0.25, 0.3) is 0 Å². The quantitative estimate of drug-likeness (QED) is 0.855. The van der Waals surface area contributed by atoms with Gasteiger partial charge in [-0.15, -0.1) is 0 Å². The highest BCUT2D eigenvalue weighted by Gasteiger charge is 2.30. The Balaban J connectivity index is 1.58. The molecule has 4 rings (SSSR count). The molecule has 0 bridgehead atoms. The summed E-state index contributed by atoms with van der Waals surface area (Å²) in [6.07, 6.45) is 3.65. The zero-order valence-electron chi connectivity index (χ0n) is 15.4. The standard InChI is InChI=1S/C18H24N6O2/c1-10-9-24(18(25)26)7-6-13(10)21-17-19-8-12-4-5-14-16(15(12)22-17)23(3)11(2)20-14/h8,10,13H,4-7,9H2,1-3H3,(H,25,26)(H,19,21,22)/t10-,13+/m1/s1. The Morgan fingerprint density at radius 1 is 1.35 bits per heavy atom. The topological polar surface area (TPSA) is 96.2 Å². The van der Waals surface area contributed by atoms with E-state index in [1.165, 1.54) is 4.90 Å². The first-order valence-corrected chi connectivity index (χ1v) is 9.07. The van der Waals surface area contributed by atoms with Crippen LogP contribution in [-0.4, -0.2) is 54.8 Å². The lowest BCUT2D eigenvalue weighted by Crippen LogP contribution is -2.47. The van der Waals surface area contributed by atoms with Crippen LogP contribution < -0.4 is 5.32 Å². The van der Waals surface area contributed by atoms with Crippen LogP contribution in [0.1, 0.15) is 30.4 Å². The van der Waals surface area contributed by atoms with E-state index < -0.39 is 6.09 Å². The number of carbonyl (C=O) groups is 1. The summed E-state index contributed by atoms with van der Waals surface area (Å²) in [5.41, 5.74) is 4.30. The molecule has 2 aromatic heterocycles. The summed E-state index contributed by atoms with van der Waals surface area (Å²) in [4.78, 5) is 26.6. The maximum absolute atomic E-state index is 11.1. The molecule has 0 unspecified atom stereocenters. The van der Waals surface area contributed by atoms with Crippen LogP contribution in [0.15, 0.2) is 6.20 Å². The van der Waals surface area contributed by atoms with Crippen molar-refractivity contribution in [2.24, 2.45) is 13.0 Å². The lowest BCUT2D eigenvalue weighted by atomic mass is 9.94. The third-order valence-corrected chi connectivity index (χ3v) is 5.60. The minimum atomic E-state index is -0.848. The van der Waals surface area contributed by atoms with Gasteiger partial charge in [-0.25, -0.2) is 19.7 Å². The molecular weight excluding hydrogens is 332 g/mol. The maximum Gasteiger partial charge on any atom is 0.407 e. The van der Waals surface area contributed by atoms with E-state index in [4.69, 9.17) is 10.1 Å². The Morgan fingerprint density at radius 3 is 2.88 bits per heavy atom. The van der Waals surface area contributed by atoms with Crippen molar-refractivity contribution in [1.29, 1.82) is 0 Å². The van der Waals surface area contributed by atoms with Crippen molar-refractivity contribution >= 4 is 12.0 Å². The highest BCUT2D eigenvalue weighted by Crippen LogP contribution is 2.32. The van der Waals surface area contributed by atoms with Gasteiger partial charge in [0.05, 0.1) is 17.1 Å². The number of imidazole rings is 1. The van der Waals surface area contributed by atoms with Crippen molar-refractivity contribution in [1.82, 2.24) is 24.4 Å². The lowest BCUT2D eigenvalue weighted by Gasteiger charge is -2.35. The van der Waals surface area contributed by atoms with Crippen LogP contribution >= 0.6 is 0 Å². The van der Waals surface area contributed by atoms with Gasteiger partial charge < -0.3 is 19.9 Å². The number of piperidine rings is 1. The fourth-order valence-electron chi connectivity index (χ4n) is 3.97. The summed E-state index contributed by atoms with van der Waals surface area (Å²) in [5.74, 6) is 1.80. The molecule has 0 radical (unpaired) electrons. The molecule has 138 valence electrons. The second-order valence-corrected chi connectivity index (χ2v) is 7.33. The van der Waals surface area contributed by atoms with Crippen LogP contribution in [0.25, 0.3) is 11.4 Å². The first kappa shape index (κ1) is 16.8. The Morgan fingerprint density at radius 2 is 2.15 bits per heavy atom. The summed E-state index contributed by atoms with van der Waals surface area (Å²) in [6.45, 7) is 5.14. The minimum absolute atomic E-state index is 0.167. The van der Waals surface area contributed by atoms with Gasteiger partial charge in [-0.2, -0.15) is 0 Å². The third-order valence-electron chi connectivity index (χ3n) is 5.60. The summed E-state index contributed by atoms with van der Waals surface area (Å²) < 4.78 is 2.10. The van der Waals surface area contributed by atoms with Crippen molar-refractivity contribution in [3.63, 3.8) is 0 Å². The number of nitrogens with zero attached hydrogens (tertiary/aromatic N) is 5. The number of amides is 1. The molecule has 26 heavy (non-hydrogen) atoms. The average molecular weight is 356 g/mol. The molecule has 1 amide bonds. The van der Waals surface area contributed by atoms with E-state index in [-0.39, 0.29) is 12.0 Å². The van der Waals surface area contributed by atoms with Crippen molar-refractivity contribution in [2.45, 2.75) is 39.2 Å². The first-order chi connectivity index (χ1) is 12.4. The van der Waals surface area contributed by atoms with E-state index in [2.05, 4.69) is 26.8 Å². The number of hydrogen-bond acceptors (Lipinski definition) is 5. The number of anilines is 1. The SMILES string of the molecule is Cc1nc2c(n1C)-c1nc(N[C@H]3CCN(C(=O)O)C[C@H]3C)ncc1CC2. The largest absolute Gasteiger partial charge is 0.465 e. The van der Waals surface area contributed by atoms with Gasteiger partial charge in [0.15, 0.2) is 0 Å². The summed E-state index contributed by atoms with van der Waals surface area (Å²) in [6, 6.07) is 0.167. The predicted octanol–water partition coefficient (Wildman–Crippen LogP) is 2.08.